The number of carbonyl (C=O) groups is 1. The molecule has 0 saturated carbocycles. The van der Waals surface area contributed by atoms with Crippen LogP contribution in [0.15, 0.2) is 66.7 Å². The molecule has 4 nitrogen and oxygen atoms in total. The van der Waals surface area contributed by atoms with Crippen molar-refractivity contribution < 1.29 is 19.7 Å². The van der Waals surface area contributed by atoms with E-state index in [1.807, 2.05) is 36.4 Å². The third kappa shape index (κ3) is 3.87. The van der Waals surface area contributed by atoms with Gasteiger partial charge in [0.25, 0.3) is 0 Å². The quantitative estimate of drug-likeness (QED) is 0.659. The molecule has 3 rings (SSSR count). The lowest BCUT2D eigenvalue weighted by Gasteiger charge is -2.17. The van der Waals surface area contributed by atoms with Gasteiger partial charge in [0.05, 0.1) is 12.2 Å². The molecule has 0 spiro atoms. The normalized spacial score (nSPS) is 10.5. The first kappa shape index (κ1) is 18.0. The molecule has 26 heavy (non-hydrogen) atoms. The Kier molecular flexibility index (Phi) is 5.56. The predicted octanol–water partition coefficient (Wildman–Crippen LogP) is 4.74. The second kappa shape index (κ2) is 8.04. The maximum Gasteiger partial charge on any atom is 0.335 e. The zero-order valence-electron chi connectivity index (χ0n) is 13.9. The van der Waals surface area contributed by atoms with E-state index in [0.29, 0.717) is 21.9 Å². The minimum Gasteiger partial charge on any atom is -0.490 e. The number of aromatic carboxylic acids is 1. The predicted molar refractivity (Wildman–Crippen MR) is 102 cm³/mol. The average molecular weight is 369 g/mol. The molecule has 0 heterocycles. The first-order valence-corrected chi connectivity index (χ1v) is 8.44. The Morgan fingerprint density at radius 3 is 2.19 bits per heavy atom. The van der Waals surface area contributed by atoms with Gasteiger partial charge in [-0.1, -0.05) is 54.1 Å². The van der Waals surface area contributed by atoms with Crippen molar-refractivity contribution >= 4 is 17.6 Å². The minimum atomic E-state index is -1.03. The summed E-state index contributed by atoms with van der Waals surface area (Å²) in [6.07, 6.45) is 0. The Labute approximate surface area is 156 Å². The van der Waals surface area contributed by atoms with Gasteiger partial charge in [-0.3, -0.25) is 0 Å². The van der Waals surface area contributed by atoms with Gasteiger partial charge in [-0.2, -0.15) is 0 Å². The molecule has 0 aliphatic heterocycles. The van der Waals surface area contributed by atoms with Gasteiger partial charge in [-0.15, -0.1) is 0 Å². The molecular weight excluding hydrogens is 352 g/mol. The van der Waals surface area contributed by atoms with Gasteiger partial charge in [0, 0.05) is 16.1 Å². The van der Waals surface area contributed by atoms with Crippen molar-refractivity contribution in [2.24, 2.45) is 0 Å². The van der Waals surface area contributed by atoms with Crippen molar-refractivity contribution in [3.63, 3.8) is 0 Å². The van der Waals surface area contributed by atoms with Crippen LogP contribution >= 0.6 is 11.6 Å². The lowest BCUT2D eigenvalue weighted by Crippen LogP contribution is -2.06. The standard InChI is InChI=1S/C21H17ClO4/c22-17-8-4-7-15(11-17)19-13-16(21(24)25)12-18(20(19)26-10-9-23)14-5-2-1-3-6-14/h1-8,11-13,23H,9-10H2,(H,24,25). The number of carboxylic acid groups (broad SMARTS) is 1. The first-order chi connectivity index (χ1) is 12.6. The fourth-order valence-corrected chi connectivity index (χ4v) is 2.95. The number of hydrogen-bond acceptors (Lipinski definition) is 3. The number of aliphatic hydroxyl groups is 1. The van der Waals surface area contributed by atoms with E-state index < -0.39 is 5.97 Å². The third-order valence-electron chi connectivity index (χ3n) is 3.89. The summed E-state index contributed by atoms with van der Waals surface area (Å²) in [6.45, 7) is -0.0519. The molecule has 0 aliphatic rings. The van der Waals surface area contributed by atoms with Crippen LogP contribution in [0.25, 0.3) is 22.3 Å². The molecule has 5 heteroatoms. The number of carboxylic acids is 1. The number of aliphatic hydroxyl groups excluding tert-OH is 1. The van der Waals surface area contributed by atoms with E-state index in [0.717, 1.165) is 11.1 Å². The summed E-state index contributed by atoms with van der Waals surface area (Å²) >= 11 is 6.11. The van der Waals surface area contributed by atoms with Gasteiger partial charge in [0.1, 0.15) is 12.4 Å². The van der Waals surface area contributed by atoms with Crippen LogP contribution in [-0.2, 0) is 0 Å². The summed E-state index contributed by atoms with van der Waals surface area (Å²) in [5, 5.41) is 19.3. The molecule has 0 saturated heterocycles. The number of ether oxygens (including phenoxy) is 1. The molecule has 132 valence electrons. The summed E-state index contributed by atoms with van der Waals surface area (Å²) in [5.41, 5.74) is 2.97. The largest absolute Gasteiger partial charge is 0.490 e. The SMILES string of the molecule is O=C(O)c1cc(-c2ccccc2)c(OCCO)c(-c2cccc(Cl)c2)c1. The number of rotatable bonds is 6. The van der Waals surface area contributed by atoms with Gasteiger partial charge in [-0.25, -0.2) is 4.79 Å². The van der Waals surface area contributed by atoms with Crippen molar-refractivity contribution in [2.75, 3.05) is 13.2 Å². The van der Waals surface area contributed by atoms with E-state index in [2.05, 4.69) is 0 Å². The molecule has 3 aromatic rings. The lowest BCUT2D eigenvalue weighted by atomic mass is 9.94. The number of benzene rings is 3. The zero-order valence-corrected chi connectivity index (χ0v) is 14.6. The van der Waals surface area contributed by atoms with Crippen molar-refractivity contribution in [3.8, 4) is 28.0 Å². The molecule has 0 fully saturated rings. The van der Waals surface area contributed by atoms with Crippen LogP contribution in [0, 0.1) is 0 Å². The monoisotopic (exact) mass is 368 g/mol. The molecule has 0 aliphatic carbocycles. The Balaban J connectivity index is 2.29. The molecule has 0 amide bonds. The molecular formula is C21H17ClO4. The van der Waals surface area contributed by atoms with Crippen LogP contribution in [0.5, 0.6) is 5.75 Å². The number of hydrogen-bond donors (Lipinski definition) is 2. The Bertz CT molecular complexity index is 923. The molecule has 0 aromatic heterocycles. The van der Waals surface area contributed by atoms with Crippen LogP contribution in [-0.4, -0.2) is 29.4 Å². The van der Waals surface area contributed by atoms with Crippen molar-refractivity contribution in [1.82, 2.24) is 0 Å². The van der Waals surface area contributed by atoms with Crippen LogP contribution < -0.4 is 4.74 Å². The zero-order chi connectivity index (χ0) is 18.5. The van der Waals surface area contributed by atoms with Gasteiger partial charge in [-0.05, 0) is 35.4 Å². The highest BCUT2D eigenvalue weighted by molar-refractivity contribution is 6.30. The Hall–Kier alpha value is -2.82. The Morgan fingerprint density at radius 1 is 0.923 bits per heavy atom. The van der Waals surface area contributed by atoms with Crippen molar-refractivity contribution in [2.45, 2.75) is 0 Å². The van der Waals surface area contributed by atoms with Crippen LogP contribution in [0.2, 0.25) is 5.02 Å². The van der Waals surface area contributed by atoms with E-state index in [9.17, 15) is 15.0 Å². The fraction of sp³-hybridized carbons (Fsp3) is 0.0952. The maximum atomic E-state index is 11.7. The van der Waals surface area contributed by atoms with E-state index >= 15 is 0 Å². The number of halogens is 1. The second-order valence-corrected chi connectivity index (χ2v) is 6.09. The highest BCUT2D eigenvalue weighted by Gasteiger charge is 2.18. The van der Waals surface area contributed by atoms with Gasteiger partial charge in [0.15, 0.2) is 0 Å². The summed E-state index contributed by atoms with van der Waals surface area (Å²) in [6, 6.07) is 19.7. The van der Waals surface area contributed by atoms with Gasteiger partial charge >= 0.3 is 5.97 Å². The smallest absolute Gasteiger partial charge is 0.335 e. The van der Waals surface area contributed by atoms with E-state index in [1.54, 1.807) is 30.3 Å². The second-order valence-electron chi connectivity index (χ2n) is 5.65. The lowest BCUT2D eigenvalue weighted by molar-refractivity contribution is 0.0697. The molecule has 0 radical (unpaired) electrons. The highest BCUT2D eigenvalue weighted by Crippen LogP contribution is 2.41. The van der Waals surface area contributed by atoms with Gasteiger partial charge in [0.2, 0.25) is 0 Å². The minimum absolute atomic E-state index is 0.0970. The molecule has 2 N–H and O–H groups in total. The fourth-order valence-electron chi connectivity index (χ4n) is 2.76. The molecule has 0 unspecified atom stereocenters. The first-order valence-electron chi connectivity index (χ1n) is 8.06. The van der Waals surface area contributed by atoms with E-state index in [4.69, 9.17) is 16.3 Å². The van der Waals surface area contributed by atoms with E-state index in [1.165, 1.54) is 0 Å². The van der Waals surface area contributed by atoms with Crippen molar-refractivity contribution in [3.05, 3.63) is 77.3 Å². The maximum absolute atomic E-state index is 11.7. The molecule has 3 aromatic carbocycles. The molecule has 0 bridgehead atoms. The van der Waals surface area contributed by atoms with Gasteiger partial charge < -0.3 is 14.9 Å². The topological polar surface area (TPSA) is 66.8 Å². The summed E-state index contributed by atoms with van der Waals surface area (Å²) in [5.74, 6) is -0.517. The summed E-state index contributed by atoms with van der Waals surface area (Å²) in [7, 11) is 0. The summed E-state index contributed by atoms with van der Waals surface area (Å²) < 4.78 is 5.81. The van der Waals surface area contributed by atoms with Crippen LogP contribution in [0.3, 0.4) is 0 Å². The van der Waals surface area contributed by atoms with Crippen molar-refractivity contribution in [1.29, 1.82) is 0 Å². The van der Waals surface area contributed by atoms with Crippen LogP contribution in [0.4, 0.5) is 0 Å². The summed E-state index contributed by atoms with van der Waals surface area (Å²) in [4.78, 5) is 11.7. The van der Waals surface area contributed by atoms with E-state index in [-0.39, 0.29) is 18.8 Å². The Morgan fingerprint density at radius 2 is 1.58 bits per heavy atom. The highest BCUT2D eigenvalue weighted by atomic mass is 35.5. The molecule has 0 atom stereocenters. The van der Waals surface area contributed by atoms with Crippen LogP contribution in [0.1, 0.15) is 10.4 Å². The third-order valence-corrected chi connectivity index (χ3v) is 4.13. The average Bonchev–Trinajstić information content (AvgIpc) is 2.66.